The predicted octanol–water partition coefficient (Wildman–Crippen LogP) is 1.74. The van der Waals surface area contributed by atoms with E-state index in [0.29, 0.717) is 16.9 Å². The van der Waals surface area contributed by atoms with Gasteiger partial charge in [-0.15, -0.1) is 0 Å². The van der Waals surface area contributed by atoms with E-state index in [1.54, 1.807) is 30.1 Å². The highest BCUT2D eigenvalue weighted by Gasteiger charge is 2.12. The molecule has 0 aliphatic rings. The van der Waals surface area contributed by atoms with Gasteiger partial charge < -0.3 is 9.67 Å². The summed E-state index contributed by atoms with van der Waals surface area (Å²) >= 11 is 0. The first-order chi connectivity index (χ1) is 8.58. The van der Waals surface area contributed by atoms with E-state index in [-0.39, 0.29) is 5.78 Å². The number of ketones is 1. The number of nitrogens with one attached hydrogen (secondary N) is 1. The van der Waals surface area contributed by atoms with Gasteiger partial charge in [0.1, 0.15) is 5.69 Å². The monoisotopic (exact) mass is 245 g/mol. The molecule has 18 heavy (non-hydrogen) atoms. The van der Waals surface area contributed by atoms with Gasteiger partial charge in [-0.2, -0.15) is 0 Å². The van der Waals surface area contributed by atoms with Crippen LogP contribution in [0.2, 0.25) is 0 Å². The lowest BCUT2D eigenvalue weighted by Crippen LogP contribution is -2.09. The van der Waals surface area contributed by atoms with Crippen molar-refractivity contribution in [2.45, 2.75) is 0 Å². The maximum absolute atomic E-state index is 12.1. The van der Waals surface area contributed by atoms with E-state index in [0.717, 1.165) is 0 Å². The topological polar surface area (TPSA) is 84.2 Å². The molecule has 2 N–H and O–H groups in total. The highest BCUT2D eigenvalue weighted by molar-refractivity contribution is 6.08. The van der Waals surface area contributed by atoms with E-state index < -0.39 is 6.09 Å². The average molecular weight is 245 g/mol. The summed E-state index contributed by atoms with van der Waals surface area (Å²) in [7, 11) is 1.74. The van der Waals surface area contributed by atoms with E-state index in [9.17, 15) is 9.59 Å². The molecule has 6 heteroatoms. The van der Waals surface area contributed by atoms with Crippen LogP contribution < -0.4 is 5.32 Å². The molecule has 0 bridgehead atoms. The molecule has 0 aliphatic carbocycles. The van der Waals surface area contributed by atoms with Crippen molar-refractivity contribution in [1.29, 1.82) is 0 Å². The number of imidazole rings is 1. The van der Waals surface area contributed by atoms with E-state index in [2.05, 4.69) is 10.3 Å². The molecule has 0 atom stereocenters. The lowest BCUT2D eigenvalue weighted by atomic mass is 10.1. The second-order valence-corrected chi connectivity index (χ2v) is 3.73. The van der Waals surface area contributed by atoms with Crippen molar-refractivity contribution in [3.05, 3.63) is 48.0 Å². The van der Waals surface area contributed by atoms with Crippen LogP contribution in [0.1, 0.15) is 16.1 Å². The van der Waals surface area contributed by atoms with Crippen molar-refractivity contribution in [3.63, 3.8) is 0 Å². The number of nitrogens with zero attached hydrogens (tertiary/aromatic N) is 2. The van der Waals surface area contributed by atoms with Gasteiger partial charge in [0.2, 0.25) is 5.78 Å². The molecule has 6 nitrogen and oxygen atoms in total. The largest absolute Gasteiger partial charge is 0.465 e. The molecular weight excluding hydrogens is 234 g/mol. The van der Waals surface area contributed by atoms with Crippen LogP contribution in [0.5, 0.6) is 0 Å². The number of carbonyl (C=O) groups is 2. The zero-order valence-corrected chi connectivity index (χ0v) is 9.62. The van der Waals surface area contributed by atoms with Gasteiger partial charge in [-0.1, -0.05) is 0 Å². The van der Waals surface area contributed by atoms with Crippen molar-refractivity contribution in [1.82, 2.24) is 9.55 Å². The minimum absolute atomic E-state index is 0.156. The molecule has 1 aromatic heterocycles. The number of aryl methyl sites for hydroxylation is 1. The van der Waals surface area contributed by atoms with Crippen LogP contribution in [-0.4, -0.2) is 26.5 Å². The first kappa shape index (κ1) is 11.8. The molecule has 2 aromatic rings. The number of amides is 1. The average Bonchev–Trinajstić information content (AvgIpc) is 2.75. The number of carboxylic acid groups (broad SMARTS) is 1. The Bertz CT molecular complexity index is 587. The second-order valence-electron chi connectivity index (χ2n) is 3.73. The van der Waals surface area contributed by atoms with Gasteiger partial charge in [-0.3, -0.25) is 10.1 Å². The molecule has 1 aromatic carbocycles. The van der Waals surface area contributed by atoms with Crippen LogP contribution >= 0.6 is 0 Å². The fourth-order valence-corrected chi connectivity index (χ4v) is 1.55. The number of benzene rings is 1. The first-order valence-corrected chi connectivity index (χ1v) is 5.19. The van der Waals surface area contributed by atoms with Crippen molar-refractivity contribution < 1.29 is 14.7 Å². The van der Waals surface area contributed by atoms with Crippen molar-refractivity contribution in [3.8, 4) is 0 Å². The summed E-state index contributed by atoms with van der Waals surface area (Å²) in [6.07, 6.45) is 1.90. The van der Waals surface area contributed by atoms with Gasteiger partial charge in [0.25, 0.3) is 0 Å². The lowest BCUT2D eigenvalue weighted by molar-refractivity contribution is 0.103. The van der Waals surface area contributed by atoms with Crippen LogP contribution in [0, 0.1) is 0 Å². The number of rotatable bonds is 3. The third kappa shape index (κ3) is 2.37. The van der Waals surface area contributed by atoms with E-state index in [1.165, 1.54) is 18.3 Å². The zero-order valence-electron chi connectivity index (χ0n) is 9.62. The normalized spacial score (nSPS) is 10.1. The molecule has 0 radical (unpaired) electrons. The molecule has 0 spiro atoms. The van der Waals surface area contributed by atoms with Gasteiger partial charge >= 0.3 is 6.09 Å². The SMILES string of the molecule is Cn1cncc1C(=O)c1ccc(NC(=O)O)cc1. The summed E-state index contributed by atoms with van der Waals surface area (Å²) in [6, 6.07) is 6.22. The fraction of sp³-hybridized carbons (Fsp3) is 0.0833. The van der Waals surface area contributed by atoms with Crippen LogP contribution in [0.3, 0.4) is 0 Å². The molecule has 0 fully saturated rings. The summed E-state index contributed by atoms with van der Waals surface area (Å²) in [4.78, 5) is 26.4. The Morgan fingerprint density at radius 1 is 1.28 bits per heavy atom. The molecule has 0 aliphatic heterocycles. The second kappa shape index (κ2) is 4.70. The number of hydrogen-bond donors (Lipinski definition) is 2. The third-order valence-electron chi connectivity index (χ3n) is 2.45. The number of aromatic nitrogens is 2. The summed E-state index contributed by atoms with van der Waals surface area (Å²) in [6.45, 7) is 0. The molecule has 92 valence electrons. The first-order valence-electron chi connectivity index (χ1n) is 5.19. The molecule has 0 saturated carbocycles. The van der Waals surface area contributed by atoms with Crippen molar-refractivity contribution in [2.24, 2.45) is 7.05 Å². The lowest BCUT2D eigenvalue weighted by Gasteiger charge is -2.04. The van der Waals surface area contributed by atoms with E-state index in [1.807, 2.05) is 0 Å². The number of carbonyl (C=O) groups excluding carboxylic acids is 1. The summed E-state index contributed by atoms with van der Waals surface area (Å²) < 4.78 is 1.63. The molecule has 1 heterocycles. The van der Waals surface area contributed by atoms with Crippen molar-refractivity contribution >= 4 is 17.6 Å². The molecule has 2 rings (SSSR count). The minimum atomic E-state index is -1.14. The third-order valence-corrected chi connectivity index (χ3v) is 2.45. The van der Waals surface area contributed by atoms with Gasteiger partial charge in [0.05, 0.1) is 12.5 Å². The van der Waals surface area contributed by atoms with E-state index in [4.69, 9.17) is 5.11 Å². The summed E-state index contributed by atoms with van der Waals surface area (Å²) in [5, 5.41) is 10.7. The standard InChI is InChI=1S/C12H11N3O3/c1-15-7-13-6-10(15)11(16)8-2-4-9(5-3-8)14-12(17)18/h2-7,14H,1H3,(H,17,18). The summed E-state index contributed by atoms with van der Waals surface area (Å²) in [5.41, 5.74) is 1.38. The predicted molar refractivity (Wildman–Crippen MR) is 64.7 cm³/mol. The van der Waals surface area contributed by atoms with Gasteiger partial charge in [0.15, 0.2) is 0 Å². The van der Waals surface area contributed by atoms with Crippen molar-refractivity contribution in [2.75, 3.05) is 5.32 Å². The Labute approximate surface area is 103 Å². The van der Waals surface area contributed by atoms with Gasteiger partial charge in [-0.25, -0.2) is 9.78 Å². The van der Waals surface area contributed by atoms with Crippen LogP contribution in [-0.2, 0) is 7.05 Å². The number of hydrogen-bond acceptors (Lipinski definition) is 3. The highest BCUT2D eigenvalue weighted by atomic mass is 16.4. The fourth-order valence-electron chi connectivity index (χ4n) is 1.55. The zero-order chi connectivity index (χ0) is 13.1. The number of anilines is 1. The smallest absolute Gasteiger partial charge is 0.409 e. The quantitative estimate of drug-likeness (QED) is 0.807. The Kier molecular flexibility index (Phi) is 3.09. The maximum atomic E-state index is 12.1. The van der Waals surface area contributed by atoms with Crippen LogP contribution in [0.15, 0.2) is 36.8 Å². The molecular formula is C12H11N3O3. The summed E-state index contributed by atoms with van der Waals surface area (Å²) in [5.74, 6) is -0.156. The van der Waals surface area contributed by atoms with E-state index >= 15 is 0 Å². The molecule has 0 unspecified atom stereocenters. The Morgan fingerprint density at radius 2 is 1.94 bits per heavy atom. The van der Waals surface area contributed by atoms with Crippen LogP contribution in [0.25, 0.3) is 0 Å². The Balaban J connectivity index is 2.22. The maximum Gasteiger partial charge on any atom is 0.409 e. The Morgan fingerprint density at radius 3 is 2.44 bits per heavy atom. The minimum Gasteiger partial charge on any atom is -0.465 e. The highest BCUT2D eigenvalue weighted by Crippen LogP contribution is 2.13. The molecule has 0 saturated heterocycles. The van der Waals surface area contributed by atoms with Gasteiger partial charge in [-0.05, 0) is 24.3 Å². The Hall–Kier alpha value is -2.63. The van der Waals surface area contributed by atoms with Gasteiger partial charge in [0, 0.05) is 18.3 Å². The molecule has 1 amide bonds. The van der Waals surface area contributed by atoms with Crippen LogP contribution in [0.4, 0.5) is 10.5 Å².